The fourth-order valence-electron chi connectivity index (χ4n) is 2.11. The molecule has 0 spiro atoms. The van der Waals surface area contributed by atoms with Gasteiger partial charge in [-0.3, -0.25) is 0 Å². The first-order valence-corrected chi connectivity index (χ1v) is 7.39. The summed E-state index contributed by atoms with van der Waals surface area (Å²) in [5, 5.41) is 5.87. The number of thiazole rings is 1. The predicted octanol–water partition coefficient (Wildman–Crippen LogP) is 4.32. The van der Waals surface area contributed by atoms with Crippen LogP contribution in [0.5, 0.6) is 0 Å². The van der Waals surface area contributed by atoms with Gasteiger partial charge in [0.25, 0.3) is 0 Å². The minimum atomic E-state index is 0.714. The zero-order valence-corrected chi connectivity index (χ0v) is 11.5. The summed E-state index contributed by atoms with van der Waals surface area (Å²) in [6, 6.07) is 15.0. The zero-order valence-electron chi connectivity index (χ0n) is 9.84. The number of nitrogens with zero attached hydrogens (tertiary/aromatic N) is 1. The average molecular weight is 271 g/mol. The first-order chi connectivity index (χ1) is 8.86. The summed E-state index contributed by atoms with van der Waals surface area (Å²) in [7, 11) is 0. The highest BCUT2D eigenvalue weighted by Crippen LogP contribution is 2.23. The van der Waals surface area contributed by atoms with Crippen LogP contribution in [0.2, 0.25) is 0 Å². The lowest BCUT2D eigenvalue weighted by atomic mass is 10.0. The van der Waals surface area contributed by atoms with Gasteiger partial charge in [0, 0.05) is 17.6 Å². The van der Waals surface area contributed by atoms with Crippen LogP contribution in [0.1, 0.15) is 16.3 Å². The molecule has 1 aromatic heterocycles. The smallest absolute Gasteiger partial charge is 0.0972 e. The summed E-state index contributed by atoms with van der Waals surface area (Å²) in [6.45, 7) is 0. The molecule has 90 valence electrons. The Morgan fingerprint density at radius 1 is 1.06 bits per heavy atom. The number of aromatic nitrogens is 1. The molecule has 0 aliphatic carbocycles. The van der Waals surface area contributed by atoms with Gasteiger partial charge in [-0.1, -0.05) is 42.5 Å². The van der Waals surface area contributed by atoms with E-state index in [1.165, 1.54) is 16.3 Å². The number of hydrogen-bond acceptors (Lipinski definition) is 3. The van der Waals surface area contributed by atoms with E-state index in [9.17, 15) is 0 Å². The third-order valence-electron chi connectivity index (χ3n) is 2.98. The molecule has 0 amide bonds. The van der Waals surface area contributed by atoms with Crippen LogP contribution >= 0.6 is 24.0 Å². The molecule has 3 heteroatoms. The Balaban J connectivity index is 1.99. The van der Waals surface area contributed by atoms with Crippen molar-refractivity contribution >= 4 is 34.7 Å². The van der Waals surface area contributed by atoms with Crippen LogP contribution in [-0.2, 0) is 12.2 Å². The number of rotatable bonds is 3. The van der Waals surface area contributed by atoms with Crippen molar-refractivity contribution in [2.24, 2.45) is 0 Å². The number of fused-ring (bicyclic) bond motifs is 1. The Morgan fingerprint density at radius 3 is 2.72 bits per heavy atom. The molecule has 0 unspecified atom stereocenters. The predicted molar refractivity (Wildman–Crippen MR) is 81.6 cm³/mol. The van der Waals surface area contributed by atoms with Crippen LogP contribution < -0.4 is 0 Å². The van der Waals surface area contributed by atoms with Gasteiger partial charge >= 0.3 is 0 Å². The topological polar surface area (TPSA) is 12.9 Å². The molecule has 3 aromatic rings. The van der Waals surface area contributed by atoms with Crippen LogP contribution in [0.15, 0.2) is 47.8 Å². The van der Waals surface area contributed by atoms with Gasteiger partial charge in [-0.25, -0.2) is 4.98 Å². The minimum Gasteiger partial charge on any atom is -0.245 e. The van der Waals surface area contributed by atoms with Gasteiger partial charge in [0.05, 0.1) is 10.7 Å². The molecule has 1 heterocycles. The van der Waals surface area contributed by atoms with E-state index in [4.69, 9.17) is 0 Å². The van der Waals surface area contributed by atoms with Crippen molar-refractivity contribution in [1.29, 1.82) is 0 Å². The summed E-state index contributed by atoms with van der Waals surface area (Å²) >= 11 is 5.97. The van der Waals surface area contributed by atoms with Crippen molar-refractivity contribution in [1.82, 2.24) is 4.98 Å². The molecular weight excluding hydrogens is 258 g/mol. The molecule has 3 rings (SSSR count). The SMILES string of the molecule is SCc1csc(Cc2cccc3ccccc23)n1. The molecule has 0 aliphatic heterocycles. The summed E-state index contributed by atoms with van der Waals surface area (Å²) < 4.78 is 0. The third-order valence-corrected chi connectivity index (χ3v) is 4.20. The van der Waals surface area contributed by atoms with E-state index in [0.717, 1.165) is 17.1 Å². The molecule has 18 heavy (non-hydrogen) atoms. The van der Waals surface area contributed by atoms with Crippen molar-refractivity contribution in [3.63, 3.8) is 0 Å². The molecular formula is C15H13NS2. The maximum absolute atomic E-state index is 4.57. The van der Waals surface area contributed by atoms with Gasteiger partial charge in [0.1, 0.15) is 0 Å². The molecule has 0 bridgehead atoms. The molecule has 0 fully saturated rings. The molecule has 0 saturated carbocycles. The first kappa shape index (κ1) is 11.8. The highest BCUT2D eigenvalue weighted by Gasteiger charge is 2.05. The van der Waals surface area contributed by atoms with Crippen molar-refractivity contribution < 1.29 is 0 Å². The van der Waals surface area contributed by atoms with E-state index in [2.05, 4.69) is 65.5 Å². The van der Waals surface area contributed by atoms with Crippen LogP contribution in [0.25, 0.3) is 10.8 Å². The Hall–Kier alpha value is -1.32. The highest BCUT2D eigenvalue weighted by atomic mass is 32.1. The van der Waals surface area contributed by atoms with Crippen LogP contribution in [0.4, 0.5) is 0 Å². The summed E-state index contributed by atoms with van der Waals surface area (Å²) in [4.78, 5) is 4.57. The summed E-state index contributed by atoms with van der Waals surface area (Å²) in [5.41, 5.74) is 2.41. The van der Waals surface area contributed by atoms with Crippen molar-refractivity contribution in [3.8, 4) is 0 Å². The van der Waals surface area contributed by atoms with Gasteiger partial charge in [0.15, 0.2) is 0 Å². The lowest BCUT2D eigenvalue weighted by molar-refractivity contribution is 1.10. The lowest BCUT2D eigenvalue weighted by Crippen LogP contribution is -1.89. The van der Waals surface area contributed by atoms with E-state index < -0.39 is 0 Å². The Labute approximate surface area is 116 Å². The standard InChI is InChI=1S/C15H13NS2/c17-9-13-10-18-15(16-13)8-12-6-3-5-11-4-1-2-7-14(11)12/h1-7,10,17H,8-9H2. The largest absolute Gasteiger partial charge is 0.245 e. The van der Waals surface area contributed by atoms with Gasteiger partial charge < -0.3 is 0 Å². The van der Waals surface area contributed by atoms with E-state index in [1.54, 1.807) is 11.3 Å². The first-order valence-electron chi connectivity index (χ1n) is 5.87. The Morgan fingerprint density at radius 2 is 1.89 bits per heavy atom. The fraction of sp³-hybridized carbons (Fsp3) is 0.133. The molecule has 0 atom stereocenters. The van der Waals surface area contributed by atoms with Gasteiger partial charge in [0.2, 0.25) is 0 Å². The van der Waals surface area contributed by atoms with Gasteiger partial charge in [-0.05, 0) is 16.3 Å². The van der Waals surface area contributed by atoms with Crippen molar-refractivity contribution in [2.45, 2.75) is 12.2 Å². The Bertz CT molecular complexity index is 668. The molecule has 0 radical (unpaired) electrons. The van der Waals surface area contributed by atoms with Crippen LogP contribution in [0.3, 0.4) is 0 Å². The van der Waals surface area contributed by atoms with Crippen molar-refractivity contribution in [2.75, 3.05) is 0 Å². The quantitative estimate of drug-likeness (QED) is 0.700. The van der Waals surface area contributed by atoms with E-state index in [-0.39, 0.29) is 0 Å². The number of benzene rings is 2. The van der Waals surface area contributed by atoms with E-state index >= 15 is 0 Å². The molecule has 0 saturated heterocycles. The number of hydrogen-bond donors (Lipinski definition) is 1. The van der Waals surface area contributed by atoms with Gasteiger partial charge in [-0.2, -0.15) is 12.6 Å². The minimum absolute atomic E-state index is 0.714. The van der Waals surface area contributed by atoms with Crippen LogP contribution in [0, 0.1) is 0 Å². The second kappa shape index (κ2) is 5.12. The molecule has 0 aliphatic rings. The summed E-state index contributed by atoms with van der Waals surface area (Å²) in [5.74, 6) is 0.714. The zero-order chi connectivity index (χ0) is 12.4. The third kappa shape index (κ3) is 2.28. The molecule has 2 aromatic carbocycles. The highest BCUT2D eigenvalue weighted by molar-refractivity contribution is 7.79. The van der Waals surface area contributed by atoms with Crippen LogP contribution in [-0.4, -0.2) is 4.98 Å². The Kier molecular flexibility index (Phi) is 3.35. The van der Waals surface area contributed by atoms with Gasteiger partial charge in [-0.15, -0.1) is 11.3 Å². The van der Waals surface area contributed by atoms with Crippen molar-refractivity contribution in [3.05, 3.63) is 64.1 Å². The fourth-order valence-corrected chi connectivity index (χ4v) is 3.21. The van der Waals surface area contributed by atoms with E-state index in [0.29, 0.717) is 5.75 Å². The summed E-state index contributed by atoms with van der Waals surface area (Å²) in [6.07, 6.45) is 0.903. The maximum atomic E-state index is 4.57. The second-order valence-electron chi connectivity index (χ2n) is 4.21. The molecule has 1 nitrogen and oxygen atoms in total. The monoisotopic (exact) mass is 271 g/mol. The van der Waals surface area contributed by atoms with E-state index in [1.807, 2.05) is 0 Å². The lowest BCUT2D eigenvalue weighted by Gasteiger charge is -2.04. The normalized spacial score (nSPS) is 10.9. The molecule has 0 N–H and O–H groups in total. The number of thiol groups is 1. The second-order valence-corrected chi connectivity index (χ2v) is 5.46. The maximum Gasteiger partial charge on any atom is 0.0972 e. The average Bonchev–Trinajstić information content (AvgIpc) is 2.87.